The van der Waals surface area contributed by atoms with Crippen molar-refractivity contribution in [3.05, 3.63) is 65.7 Å². The summed E-state index contributed by atoms with van der Waals surface area (Å²) in [5, 5.41) is 2.73. The largest absolute Gasteiger partial charge is 0.354 e. The Kier molecular flexibility index (Phi) is 9.97. The fraction of sp³-hybridized carbons (Fsp3) is 0.417. The quantitative estimate of drug-likeness (QED) is 0.489. The topological polar surface area (TPSA) is 86.8 Å². The molecule has 0 radical (unpaired) electrons. The van der Waals surface area contributed by atoms with Gasteiger partial charge < -0.3 is 10.2 Å². The Balaban J connectivity index is 2.17. The molecule has 1 atom stereocenters. The number of rotatable bonds is 12. The second-order valence-corrected chi connectivity index (χ2v) is 9.88. The summed E-state index contributed by atoms with van der Waals surface area (Å²) in [6.07, 6.45) is 1.65. The lowest BCUT2D eigenvalue weighted by Gasteiger charge is -2.29. The van der Waals surface area contributed by atoms with Gasteiger partial charge in [-0.05, 0) is 38.0 Å². The fourth-order valence-corrected chi connectivity index (χ4v) is 4.39. The molecule has 0 spiro atoms. The highest BCUT2D eigenvalue weighted by Crippen LogP contribution is 2.22. The zero-order valence-corrected chi connectivity index (χ0v) is 20.4. The molecule has 2 aromatic carbocycles. The van der Waals surface area contributed by atoms with Gasteiger partial charge in [0, 0.05) is 31.6 Å². The molecule has 1 N–H and O–H groups in total. The summed E-state index contributed by atoms with van der Waals surface area (Å²) >= 11 is 0. The lowest BCUT2D eigenvalue weighted by atomic mass is 10.1. The average Bonchev–Trinajstić information content (AvgIpc) is 2.79. The maximum Gasteiger partial charge on any atom is 0.242 e. The molecule has 7 nitrogen and oxygen atoms in total. The lowest BCUT2D eigenvalue weighted by molar-refractivity contribution is -0.140. The van der Waals surface area contributed by atoms with Crippen molar-refractivity contribution in [3.8, 4) is 0 Å². The van der Waals surface area contributed by atoms with E-state index in [1.54, 1.807) is 13.0 Å². The third kappa shape index (κ3) is 7.51. The molecule has 0 heterocycles. The molecule has 0 unspecified atom stereocenters. The molecule has 34 heavy (non-hydrogen) atoms. The first-order valence-electron chi connectivity index (χ1n) is 11.1. The van der Waals surface area contributed by atoms with E-state index in [0.717, 1.165) is 23.0 Å². The Morgan fingerprint density at radius 2 is 1.65 bits per heavy atom. The standard InChI is InChI=1S/C24H31F2N3O4S/c1-4-15-27-24(31)18(2)28(17-19-10-5-6-11-20(19)25)23(30)14-9-16-29(34(3,32)33)22-13-8-7-12-21(22)26/h5-8,10-13,18H,4,9,14-17H2,1-3H3,(H,27,31)/t18-/m0/s1. The van der Waals surface area contributed by atoms with Crippen molar-refractivity contribution in [2.75, 3.05) is 23.7 Å². The van der Waals surface area contributed by atoms with Gasteiger partial charge in [0.15, 0.2) is 0 Å². The number of amides is 2. The van der Waals surface area contributed by atoms with Crippen LogP contribution in [0.2, 0.25) is 0 Å². The molecular weight excluding hydrogens is 464 g/mol. The third-order valence-corrected chi connectivity index (χ3v) is 6.47. The normalized spacial score (nSPS) is 12.1. The van der Waals surface area contributed by atoms with E-state index in [0.29, 0.717) is 6.54 Å². The molecule has 0 saturated carbocycles. The molecular formula is C24H31F2N3O4S. The van der Waals surface area contributed by atoms with Gasteiger partial charge in [-0.2, -0.15) is 0 Å². The number of nitrogens with zero attached hydrogens (tertiary/aromatic N) is 2. The smallest absolute Gasteiger partial charge is 0.242 e. The van der Waals surface area contributed by atoms with E-state index in [2.05, 4.69) is 5.32 Å². The number of hydrogen-bond acceptors (Lipinski definition) is 4. The molecule has 2 amide bonds. The number of carbonyl (C=O) groups is 2. The fourth-order valence-electron chi connectivity index (χ4n) is 3.43. The van der Waals surface area contributed by atoms with Gasteiger partial charge >= 0.3 is 0 Å². The zero-order chi connectivity index (χ0) is 25.3. The van der Waals surface area contributed by atoms with Gasteiger partial charge in [-0.1, -0.05) is 37.3 Å². The van der Waals surface area contributed by atoms with Crippen LogP contribution in [-0.4, -0.2) is 50.5 Å². The van der Waals surface area contributed by atoms with E-state index in [9.17, 15) is 26.8 Å². The van der Waals surface area contributed by atoms with Crippen LogP contribution in [0.25, 0.3) is 0 Å². The van der Waals surface area contributed by atoms with Crippen molar-refractivity contribution >= 4 is 27.5 Å². The van der Waals surface area contributed by atoms with Crippen LogP contribution in [0.3, 0.4) is 0 Å². The van der Waals surface area contributed by atoms with Crippen molar-refractivity contribution < 1.29 is 26.8 Å². The maximum absolute atomic E-state index is 14.2. The number of halogens is 2. The molecule has 0 fully saturated rings. The highest BCUT2D eigenvalue weighted by atomic mass is 32.2. The minimum atomic E-state index is -3.80. The molecule has 0 bridgehead atoms. The van der Waals surface area contributed by atoms with Crippen molar-refractivity contribution in [3.63, 3.8) is 0 Å². The number of benzene rings is 2. The number of carbonyl (C=O) groups excluding carboxylic acids is 2. The Morgan fingerprint density at radius 3 is 2.24 bits per heavy atom. The highest BCUT2D eigenvalue weighted by Gasteiger charge is 2.27. The van der Waals surface area contributed by atoms with Gasteiger partial charge in [0.1, 0.15) is 17.7 Å². The zero-order valence-electron chi connectivity index (χ0n) is 19.6. The Morgan fingerprint density at radius 1 is 1.03 bits per heavy atom. The Labute approximate surface area is 199 Å². The van der Waals surface area contributed by atoms with Crippen LogP contribution in [0.5, 0.6) is 0 Å². The summed E-state index contributed by atoms with van der Waals surface area (Å²) in [7, 11) is -3.80. The van der Waals surface area contributed by atoms with Gasteiger partial charge in [-0.3, -0.25) is 13.9 Å². The summed E-state index contributed by atoms with van der Waals surface area (Å²) in [5.41, 5.74) is 0.156. The minimum Gasteiger partial charge on any atom is -0.354 e. The van der Waals surface area contributed by atoms with Gasteiger partial charge in [-0.25, -0.2) is 17.2 Å². The van der Waals surface area contributed by atoms with Crippen LogP contribution in [0.4, 0.5) is 14.5 Å². The molecule has 2 rings (SSSR count). The van der Waals surface area contributed by atoms with Crippen molar-refractivity contribution in [2.45, 2.75) is 45.7 Å². The van der Waals surface area contributed by atoms with E-state index >= 15 is 0 Å². The Bertz CT molecular complexity index is 1100. The molecule has 0 aliphatic carbocycles. The van der Waals surface area contributed by atoms with Crippen molar-refractivity contribution in [1.82, 2.24) is 10.2 Å². The second kappa shape index (κ2) is 12.5. The molecule has 0 aliphatic rings. The van der Waals surface area contributed by atoms with E-state index < -0.39 is 33.6 Å². The number of nitrogens with one attached hydrogen (secondary N) is 1. The van der Waals surface area contributed by atoms with Gasteiger partial charge in [0.2, 0.25) is 21.8 Å². The monoisotopic (exact) mass is 495 g/mol. The Hall–Kier alpha value is -3.01. The van der Waals surface area contributed by atoms with Crippen LogP contribution in [0, 0.1) is 11.6 Å². The number of sulfonamides is 1. The number of hydrogen-bond donors (Lipinski definition) is 1. The first kappa shape index (κ1) is 27.2. The summed E-state index contributed by atoms with van der Waals surface area (Å²) in [6, 6.07) is 10.6. The molecule has 10 heteroatoms. The third-order valence-electron chi connectivity index (χ3n) is 5.29. The summed E-state index contributed by atoms with van der Waals surface area (Å²) in [4.78, 5) is 26.9. The lowest BCUT2D eigenvalue weighted by Crippen LogP contribution is -2.48. The van der Waals surface area contributed by atoms with Gasteiger partial charge in [-0.15, -0.1) is 0 Å². The predicted octanol–water partition coefficient (Wildman–Crippen LogP) is 3.45. The SMILES string of the molecule is CCCNC(=O)[C@H](C)N(Cc1ccccc1F)C(=O)CCCN(c1ccccc1F)S(C)(=O)=O. The van der Waals surface area contributed by atoms with E-state index in [1.165, 1.54) is 41.3 Å². The van der Waals surface area contributed by atoms with E-state index in [1.807, 2.05) is 6.92 Å². The average molecular weight is 496 g/mol. The first-order chi connectivity index (χ1) is 16.1. The second-order valence-electron chi connectivity index (χ2n) is 7.97. The molecule has 0 aromatic heterocycles. The summed E-state index contributed by atoms with van der Waals surface area (Å²) in [5.74, 6) is -1.99. The van der Waals surface area contributed by atoms with E-state index in [-0.39, 0.29) is 43.1 Å². The van der Waals surface area contributed by atoms with Crippen molar-refractivity contribution in [1.29, 1.82) is 0 Å². The maximum atomic E-state index is 14.2. The molecule has 2 aromatic rings. The number of anilines is 1. The predicted molar refractivity (Wildman–Crippen MR) is 128 cm³/mol. The molecule has 0 aliphatic heterocycles. The van der Waals surface area contributed by atoms with Crippen molar-refractivity contribution in [2.24, 2.45) is 0 Å². The molecule has 0 saturated heterocycles. The van der Waals surface area contributed by atoms with Crippen LogP contribution in [-0.2, 0) is 26.2 Å². The minimum absolute atomic E-state index is 0.0807. The van der Waals surface area contributed by atoms with Crippen LogP contribution in [0.1, 0.15) is 38.7 Å². The van der Waals surface area contributed by atoms with Gasteiger partial charge in [0.05, 0.1) is 11.9 Å². The first-order valence-corrected chi connectivity index (χ1v) is 12.9. The van der Waals surface area contributed by atoms with Crippen LogP contribution in [0.15, 0.2) is 48.5 Å². The highest BCUT2D eigenvalue weighted by molar-refractivity contribution is 7.92. The van der Waals surface area contributed by atoms with Gasteiger partial charge in [0.25, 0.3) is 0 Å². The summed E-state index contributed by atoms with van der Waals surface area (Å²) in [6.45, 7) is 3.66. The van der Waals surface area contributed by atoms with Crippen LogP contribution >= 0.6 is 0 Å². The number of para-hydroxylation sites is 1. The molecule has 186 valence electrons. The van der Waals surface area contributed by atoms with E-state index in [4.69, 9.17) is 0 Å². The summed E-state index contributed by atoms with van der Waals surface area (Å²) < 4.78 is 53.8. The van der Waals surface area contributed by atoms with Crippen LogP contribution < -0.4 is 9.62 Å².